The fourth-order valence-corrected chi connectivity index (χ4v) is 1.63. The molecule has 5 heteroatoms. The van der Waals surface area contributed by atoms with Gasteiger partial charge >= 0.3 is 0 Å². The number of carbonyl (C=O) groups excluding carboxylic acids is 1. The molecule has 0 unspecified atom stereocenters. The van der Waals surface area contributed by atoms with Crippen molar-refractivity contribution in [3.8, 4) is 11.5 Å². The second-order valence-electron chi connectivity index (χ2n) is 4.49. The number of nitrogens with zero attached hydrogens (tertiary/aromatic N) is 1. The fourth-order valence-electron chi connectivity index (χ4n) is 1.63. The van der Waals surface area contributed by atoms with E-state index < -0.39 is 0 Å². The summed E-state index contributed by atoms with van der Waals surface area (Å²) in [6.45, 7) is 1.85. The molecule has 0 radical (unpaired) electrons. The van der Waals surface area contributed by atoms with Crippen molar-refractivity contribution in [1.29, 1.82) is 0 Å². The van der Waals surface area contributed by atoms with Crippen LogP contribution in [0, 0.1) is 6.92 Å². The Hall–Kier alpha value is -2.82. The molecule has 0 bridgehead atoms. The molecular formula is C16H16N2O3. The molecule has 0 saturated heterocycles. The molecule has 2 rings (SSSR count). The summed E-state index contributed by atoms with van der Waals surface area (Å²) in [7, 11) is 0. The zero-order chi connectivity index (χ0) is 15.1. The van der Waals surface area contributed by atoms with Gasteiger partial charge in [0, 0.05) is 0 Å². The highest BCUT2D eigenvalue weighted by molar-refractivity contribution is 5.83. The smallest absolute Gasteiger partial charge is 0.277 e. The quantitative estimate of drug-likeness (QED) is 0.653. The lowest BCUT2D eigenvalue weighted by Crippen LogP contribution is -2.24. The van der Waals surface area contributed by atoms with Gasteiger partial charge in [-0.1, -0.05) is 12.1 Å². The van der Waals surface area contributed by atoms with Crippen molar-refractivity contribution < 1.29 is 14.6 Å². The maximum absolute atomic E-state index is 11.6. The topological polar surface area (TPSA) is 70.9 Å². The van der Waals surface area contributed by atoms with Crippen LogP contribution in [-0.4, -0.2) is 23.8 Å². The number of benzene rings is 2. The van der Waals surface area contributed by atoms with Crippen LogP contribution in [0.3, 0.4) is 0 Å². The SMILES string of the molecule is Cc1cccc(OCC(=O)NN=Cc2ccc(O)cc2)c1. The molecule has 0 atom stereocenters. The van der Waals surface area contributed by atoms with Gasteiger partial charge in [-0.2, -0.15) is 5.10 Å². The third-order valence-electron chi connectivity index (χ3n) is 2.66. The van der Waals surface area contributed by atoms with Crippen LogP contribution >= 0.6 is 0 Å². The van der Waals surface area contributed by atoms with E-state index in [1.54, 1.807) is 30.3 Å². The predicted molar refractivity (Wildman–Crippen MR) is 80.5 cm³/mol. The maximum Gasteiger partial charge on any atom is 0.277 e. The molecule has 1 amide bonds. The third-order valence-corrected chi connectivity index (χ3v) is 2.66. The van der Waals surface area contributed by atoms with Gasteiger partial charge in [-0.15, -0.1) is 0 Å². The van der Waals surface area contributed by atoms with Crippen molar-refractivity contribution in [3.05, 3.63) is 59.7 Å². The van der Waals surface area contributed by atoms with Crippen LogP contribution < -0.4 is 10.2 Å². The summed E-state index contributed by atoms with van der Waals surface area (Å²) in [5, 5.41) is 13.0. The van der Waals surface area contributed by atoms with Crippen LogP contribution in [-0.2, 0) is 4.79 Å². The standard InChI is InChI=1S/C16H16N2O3/c1-12-3-2-4-15(9-12)21-11-16(20)18-17-10-13-5-7-14(19)8-6-13/h2-10,19H,11H2,1H3,(H,18,20). The van der Waals surface area contributed by atoms with E-state index >= 15 is 0 Å². The van der Waals surface area contributed by atoms with Crippen LogP contribution in [0.25, 0.3) is 0 Å². The van der Waals surface area contributed by atoms with E-state index in [0.717, 1.165) is 11.1 Å². The first kappa shape index (κ1) is 14.6. The highest BCUT2D eigenvalue weighted by atomic mass is 16.5. The number of aromatic hydroxyl groups is 1. The molecule has 0 aromatic heterocycles. The van der Waals surface area contributed by atoms with E-state index in [-0.39, 0.29) is 18.3 Å². The van der Waals surface area contributed by atoms with E-state index in [1.165, 1.54) is 6.21 Å². The number of hydrogen-bond donors (Lipinski definition) is 2. The number of amides is 1. The lowest BCUT2D eigenvalue weighted by Gasteiger charge is -2.05. The van der Waals surface area contributed by atoms with Gasteiger partial charge in [-0.25, -0.2) is 5.43 Å². The molecule has 5 nitrogen and oxygen atoms in total. The van der Waals surface area contributed by atoms with Crippen LogP contribution in [0.4, 0.5) is 0 Å². The zero-order valence-corrected chi connectivity index (χ0v) is 11.6. The third kappa shape index (κ3) is 4.99. The summed E-state index contributed by atoms with van der Waals surface area (Å²) < 4.78 is 5.35. The van der Waals surface area contributed by atoms with Crippen LogP contribution in [0.2, 0.25) is 0 Å². The highest BCUT2D eigenvalue weighted by Crippen LogP contribution is 2.11. The Morgan fingerprint density at radius 3 is 2.76 bits per heavy atom. The molecule has 2 aromatic rings. The molecule has 0 fully saturated rings. The number of rotatable bonds is 5. The molecule has 0 aliphatic heterocycles. The Morgan fingerprint density at radius 2 is 2.05 bits per heavy atom. The van der Waals surface area contributed by atoms with E-state index in [4.69, 9.17) is 9.84 Å². The minimum absolute atomic E-state index is 0.101. The summed E-state index contributed by atoms with van der Waals surface area (Å²) in [5.74, 6) is 0.488. The predicted octanol–water partition coefficient (Wildman–Crippen LogP) is 2.23. The Morgan fingerprint density at radius 1 is 1.29 bits per heavy atom. The number of carbonyl (C=O) groups is 1. The van der Waals surface area contributed by atoms with E-state index in [1.807, 2.05) is 25.1 Å². The molecule has 2 aromatic carbocycles. The van der Waals surface area contributed by atoms with Crippen molar-refractivity contribution in [2.45, 2.75) is 6.92 Å². The van der Waals surface area contributed by atoms with Crippen molar-refractivity contribution in [1.82, 2.24) is 5.43 Å². The molecule has 0 heterocycles. The first-order valence-electron chi connectivity index (χ1n) is 6.44. The molecule has 2 N–H and O–H groups in total. The van der Waals surface area contributed by atoms with Crippen molar-refractivity contribution >= 4 is 12.1 Å². The number of aryl methyl sites for hydroxylation is 1. The van der Waals surface area contributed by atoms with E-state index in [0.29, 0.717) is 5.75 Å². The average molecular weight is 284 g/mol. The number of nitrogens with one attached hydrogen (secondary N) is 1. The summed E-state index contributed by atoms with van der Waals surface area (Å²) in [5.41, 5.74) is 4.21. The largest absolute Gasteiger partial charge is 0.508 e. The van der Waals surface area contributed by atoms with E-state index in [9.17, 15) is 4.79 Å². The van der Waals surface area contributed by atoms with Gasteiger partial charge in [-0.3, -0.25) is 4.79 Å². The molecule has 0 aliphatic carbocycles. The summed E-state index contributed by atoms with van der Waals surface area (Å²) >= 11 is 0. The molecule has 0 aliphatic rings. The molecule has 0 saturated carbocycles. The average Bonchev–Trinajstić information content (AvgIpc) is 2.47. The van der Waals surface area contributed by atoms with Crippen LogP contribution in [0.5, 0.6) is 11.5 Å². The lowest BCUT2D eigenvalue weighted by molar-refractivity contribution is -0.123. The Balaban J connectivity index is 1.78. The second-order valence-corrected chi connectivity index (χ2v) is 4.49. The fraction of sp³-hybridized carbons (Fsp3) is 0.125. The number of hydrogen-bond acceptors (Lipinski definition) is 4. The summed E-state index contributed by atoms with van der Waals surface area (Å²) in [6.07, 6.45) is 1.49. The van der Waals surface area contributed by atoms with Gasteiger partial charge in [0.1, 0.15) is 11.5 Å². The van der Waals surface area contributed by atoms with Crippen molar-refractivity contribution in [2.75, 3.05) is 6.61 Å². The number of phenolic OH excluding ortho intramolecular Hbond substituents is 1. The van der Waals surface area contributed by atoms with Gasteiger partial charge < -0.3 is 9.84 Å². The summed E-state index contributed by atoms with van der Waals surface area (Å²) in [6, 6.07) is 13.9. The molecular weight excluding hydrogens is 268 g/mol. The first-order chi connectivity index (χ1) is 10.1. The lowest BCUT2D eigenvalue weighted by atomic mass is 10.2. The van der Waals surface area contributed by atoms with E-state index in [2.05, 4.69) is 10.5 Å². The van der Waals surface area contributed by atoms with Crippen LogP contribution in [0.1, 0.15) is 11.1 Å². The van der Waals surface area contributed by atoms with Crippen LogP contribution in [0.15, 0.2) is 53.6 Å². The number of phenols is 1. The minimum Gasteiger partial charge on any atom is -0.508 e. The monoisotopic (exact) mass is 284 g/mol. The normalized spacial score (nSPS) is 10.5. The minimum atomic E-state index is -0.341. The molecule has 108 valence electrons. The second kappa shape index (κ2) is 7.09. The Labute approximate surface area is 122 Å². The van der Waals surface area contributed by atoms with Gasteiger partial charge in [-0.05, 0) is 54.4 Å². The number of hydrazone groups is 1. The Bertz CT molecular complexity index is 636. The van der Waals surface area contributed by atoms with Crippen molar-refractivity contribution in [2.24, 2.45) is 5.10 Å². The molecule has 21 heavy (non-hydrogen) atoms. The Kier molecular flexibility index (Phi) is 4.93. The summed E-state index contributed by atoms with van der Waals surface area (Å²) in [4.78, 5) is 11.6. The van der Waals surface area contributed by atoms with Gasteiger partial charge in [0.15, 0.2) is 6.61 Å². The van der Waals surface area contributed by atoms with Gasteiger partial charge in [0.05, 0.1) is 6.21 Å². The van der Waals surface area contributed by atoms with Crippen molar-refractivity contribution in [3.63, 3.8) is 0 Å². The first-order valence-corrected chi connectivity index (χ1v) is 6.44. The van der Waals surface area contributed by atoms with Gasteiger partial charge in [0.25, 0.3) is 5.91 Å². The van der Waals surface area contributed by atoms with Gasteiger partial charge in [0.2, 0.25) is 0 Å². The number of ether oxygens (including phenoxy) is 1. The molecule has 0 spiro atoms. The zero-order valence-electron chi connectivity index (χ0n) is 11.6. The maximum atomic E-state index is 11.6. The highest BCUT2D eigenvalue weighted by Gasteiger charge is 2.01.